The average molecular weight is 631 g/mol. The summed E-state index contributed by atoms with van der Waals surface area (Å²) in [5.41, 5.74) is 10.5. The smallest absolute Gasteiger partial charge is 0.0462 e. The summed E-state index contributed by atoms with van der Waals surface area (Å²) < 4.78 is 2.17. The molecule has 0 saturated heterocycles. The summed E-state index contributed by atoms with van der Waals surface area (Å²) in [5.74, 6) is 0. The van der Waals surface area contributed by atoms with Crippen LogP contribution in [-0.4, -0.2) is 0 Å². The van der Waals surface area contributed by atoms with Gasteiger partial charge in [0.2, 0.25) is 0 Å². The van der Waals surface area contributed by atoms with Gasteiger partial charge in [-0.2, -0.15) is 0 Å². The first-order valence-corrected chi connectivity index (χ1v) is 14.4. The summed E-state index contributed by atoms with van der Waals surface area (Å²) in [6.07, 6.45) is 0. The van der Waals surface area contributed by atoms with E-state index in [0.717, 1.165) is 26.0 Å². The summed E-state index contributed by atoms with van der Waals surface area (Å²) in [4.78, 5) is 2.31. The van der Waals surface area contributed by atoms with Gasteiger partial charge in [-0.1, -0.05) is 123 Å². The van der Waals surface area contributed by atoms with E-state index >= 15 is 0 Å². The largest absolute Gasteiger partial charge is 0.311 e. The molecular weight excluding hydrogens is 606 g/mol. The van der Waals surface area contributed by atoms with Crippen LogP contribution in [0.5, 0.6) is 0 Å². The maximum atomic E-state index is 3.53. The second-order valence-electron chi connectivity index (χ2n) is 9.36. The van der Waals surface area contributed by atoms with E-state index in [-0.39, 0.29) is 0 Å². The van der Waals surface area contributed by atoms with Crippen LogP contribution in [0.15, 0.2) is 161 Å². The lowest BCUT2D eigenvalue weighted by atomic mass is 10.0. The van der Waals surface area contributed by atoms with Gasteiger partial charge in [-0.15, -0.1) is 0 Å². The summed E-state index contributed by atoms with van der Waals surface area (Å²) in [6, 6.07) is 53.8. The van der Waals surface area contributed by atoms with E-state index < -0.39 is 0 Å². The molecule has 0 N–H and O–H groups in total. The molecule has 0 spiro atoms. The summed E-state index contributed by atoms with van der Waals surface area (Å²) in [7, 11) is 0. The summed E-state index contributed by atoms with van der Waals surface area (Å²) >= 11 is 7.07. The Morgan fingerprint density at radius 1 is 0.282 bits per heavy atom. The number of hydrogen-bond acceptors (Lipinski definition) is 1. The Labute approximate surface area is 246 Å². The van der Waals surface area contributed by atoms with Crippen molar-refractivity contribution < 1.29 is 0 Å². The van der Waals surface area contributed by atoms with Crippen molar-refractivity contribution in [3.63, 3.8) is 0 Å². The Morgan fingerprint density at radius 2 is 0.538 bits per heavy atom. The predicted octanol–water partition coefficient (Wildman–Crippen LogP) is 11.7. The third-order valence-electron chi connectivity index (χ3n) is 6.84. The van der Waals surface area contributed by atoms with Crippen molar-refractivity contribution in [2.75, 3.05) is 4.90 Å². The molecule has 0 saturated carbocycles. The number of hydrogen-bond donors (Lipinski definition) is 0. The number of benzene rings is 6. The molecule has 0 aliphatic rings. The minimum atomic E-state index is 1.08. The second-order valence-corrected chi connectivity index (χ2v) is 11.2. The van der Waals surface area contributed by atoms with E-state index in [1.807, 2.05) is 0 Å². The van der Waals surface area contributed by atoms with Gasteiger partial charge in [0.15, 0.2) is 0 Å². The quantitative estimate of drug-likeness (QED) is 0.177. The lowest BCUT2D eigenvalue weighted by molar-refractivity contribution is 1.28. The van der Waals surface area contributed by atoms with E-state index in [1.54, 1.807) is 0 Å². The molecule has 3 heteroatoms. The Hall–Kier alpha value is -3.92. The minimum Gasteiger partial charge on any atom is -0.311 e. The van der Waals surface area contributed by atoms with E-state index in [1.165, 1.54) is 33.4 Å². The van der Waals surface area contributed by atoms with E-state index in [0.29, 0.717) is 0 Å². The molecule has 0 aliphatic carbocycles. The van der Waals surface area contributed by atoms with Gasteiger partial charge in [0.25, 0.3) is 0 Å². The van der Waals surface area contributed by atoms with Gasteiger partial charge in [0, 0.05) is 26.0 Å². The number of anilines is 3. The molecule has 0 heterocycles. The molecule has 6 rings (SSSR count). The standard InChI is InChI=1S/C36H25Br2N/c37-32-16-6-27(7-17-32)30-12-22-35(23-13-30)39(34-20-10-29(11-21-34)26-4-2-1-3-5-26)36-24-14-31(15-25-36)28-8-18-33(38)19-9-28/h1-25H. The molecule has 6 aromatic carbocycles. The maximum absolute atomic E-state index is 3.53. The predicted molar refractivity (Wildman–Crippen MR) is 173 cm³/mol. The molecule has 188 valence electrons. The molecule has 0 atom stereocenters. The molecule has 0 aromatic heterocycles. The third kappa shape index (κ3) is 5.75. The first-order valence-electron chi connectivity index (χ1n) is 12.8. The van der Waals surface area contributed by atoms with Crippen molar-refractivity contribution in [3.8, 4) is 33.4 Å². The molecule has 1 nitrogen and oxygen atoms in total. The van der Waals surface area contributed by atoms with Gasteiger partial charge >= 0.3 is 0 Å². The van der Waals surface area contributed by atoms with Crippen molar-refractivity contribution in [2.45, 2.75) is 0 Å². The summed E-state index contributed by atoms with van der Waals surface area (Å²) in [5, 5.41) is 0. The zero-order valence-corrected chi connectivity index (χ0v) is 24.3. The van der Waals surface area contributed by atoms with Gasteiger partial charge in [0.05, 0.1) is 0 Å². The van der Waals surface area contributed by atoms with E-state index in [4.69, 9.17) is 0 Å². The van der Waals surface area contributed by atoms with Crippen LogP contribution in [0.1, 0.15) is 0 Å². The average Bonchev–Trinajstić information content (AvgIpc) is 3.00. The van der Waals surface area contributed by atoms with Gasteiger partial charge in [-0.3, -0.25) is 0 Å². The van der Waals surface area contributed by atoms with Crippen LogP contribution in [0.25, 0.3) is 33.4 Å². The maximum Gasteiger partial charge on any atom is 0.0462 e. The molecular formula is C36H25Br2N. The van der Waals surface area contributed by atoms with Crippen molar-refractivity contribution in [1.82, 2.24) is 0 Å². The lowest BCUT2D eigenvalue weighted by Crippen LogP contribution is -2.09. The highest BCUT2D eigenvalue weighted by atomic mass is 79.9. The number of rotatable bonds is 6. The molecule has 39 heavy (non-hydrogen) atoms. The number of nitrogens with zero attached hydrogens (tertiary/aromatic N) is 1. The Balaban J connectivity index is 1.37. The first kappa shape index (κ1) is 25.4. The molecule has 0 bridgehead atoms. The molecule has 0 amide bonds. The minimum absolute atomic E-state index is 1.08. The highest BCUT2D eigenvalue weighted by Gasteiger charge is 2.14. The fourth-order valence-electron chi connectivity index (χ4n) is 4.77. The SMILES string of the molecule is Brc1ccc(-c2ccc(N(c3ccc(-c4ccccc4)cc3)c3ccc(-c4ccc(Br)cc4)cc3)cc2)cc1. The van der Waals surface area contributed by atoms with Crippen molar-refractivity contribution in [1.29, 1.82) is 0 Å². The van der Waals surface area contributed by atoms with E-state index in [9.17, 15) is 0 Å². The van der Waals surface area contributed by atoms with E-state index in [2.05, 4.69) is 188 Å². The Morgan fingerprint density at radius 3 is 0.846 bits per heavy atom. The normalized spacial score (nSPS) is 10.8. The van der Waals surface area contributed by atoms with Crippen LogP contribution in [0.4, 0.5) is 17.1 Å². The lowest BCUT2D eigenvalue weighted by Gasteiger charge is -2.26. The monoisotopic (exact) mass is 629 g/mol. The molecule has 0 fully saturated rings. The highest BCUT2D eigenvalue weighted by molar-refractivity contribution is 9.10. The van der Waals surface area contributed by atoms with Crippen molar-refractivity contribution in [3.05, 3.63) is 161 Å². The first-order chi connectivity index (χ1) is 19.1. The van der Waals surface area contributed by atoms with Crippen molar-refractivity contribution >= 4 is 48.9 Å². The second kappa shape index (κ2) is 11.4. The highest BCUT2D eigenvalue weighted by Crippen LogP contribution is 2.37. The van der Waals surface area contributed by atoms with Gasteiger partial charge in [-0.25, -0.2) is 0 Å². The van der Waals surface area contributed by atoms with Crippen molar-refractivity contribution in [2.24, 2.45) is 0 Å². The van der Waals surface area contributed by atoms with Crippen LogP contribution in [-0.2, 0) is 0 Å². The fraction of sp³-hybridized carbons (Fsp3) is 0. The molecule has 0 unspecified atom stereocenters. The Bertz CT molecular complexity index is 1570. The third-order valence-corrected chi connectivity index (χ3v) is 7.90. The fourth-order valence-corrected chi connectivity index (χ4v) is 5.30. The zero-order valence-electron chi connectivity index (χ0n) is 21.1. The number of halogens is 2. The van der Waals surface area contributed by atoms with Crippen LogP contribution in [0, 0.1) is 0 Å². The van der Waals surface area contributed by atoms with Crippen LogP contribution >= 0.6 is 31.9 Å². The van der Waals surface area contributed by atoms with Crippen LogP contribution in [0.3, 0.4) is 0 Å². The molecule has 6 aromatic rings. The van der Waals surface area contributed by atoms with Gasteiger partial charge in [-0.05, 0) is 94.0 Å². The zero-order chi connectivity index (χ0) is 26.6. The molecule has 0 radical (unpaired) electrons. The van der Waals surface area contributed by atoms with Crippen LogP contribution in [0.2, 0.25) is 0 Å². The Kier molecular flexibility index (Phi) is 7.44. The van der Waals surface area contributed by atoms with Gasteiger partial charge in [0.1, 0.15) is 0 Å². The topological polar surface area (TPSA) is 3.24 Å². The summed E-state index contributed by atoms with van der Waals surface area (Å²) in [6.45, 7) is 0. The molecule has 0 aliphatic heterocycles. The van der Waals surface area contributed by atoms with Gasteiger partial charge < -0.3 is 4.90 Å². The van der Waals surface area contributed by atoms with Crippen LogP contribution < -0.4 is 4.90 Å².